The van der Waals surface area contributed by atoms with Gasteiger partial charge in [0.15, 0.2) is 5.82 Å². The Morgan fingerprint density at radius 1 is 0.875 bits per heavy atom. The molecule has 0 aliphatic carbocycles. The van der Waals surface area contributed by atoms with Gasteiger partial charge in [0, 0.05) is 24.7 Å². The zero-order valence-electron chi connectivity index (χ0n) is 17.3. The first-order valence-electron chi connectivity index (χ1n) is 10.4. The number of fused-ring (bicyclic) bond motifs is 1. The zero-order valence-corrected chi connectivity index (χ0v) is 17.3. The van der Waals surface area contributed by atoms with Gasteiger partial charge in [-0.1, -0.05) is 66.7 Å². The van der Waals surface area contributed by atoms with Gasteiger partial charge in [-0.3, -0.25) is 9.36 Å². The summed E-state index contributed by atoms with van der Waals surface area (Å²) in [7, 11) is 0. The number of benzene rings is 3. The molecule has 32 heavy (non-hydrogen) atoms. The standard InChI is InChI=1S/C26H21FN4O/c27-19-12-7-13-20(28)24(19)23-16-31-25(21(29-23)14-17-8-3-1-4-9-17)30-22(26(31)32)15-18-10-5-2-6-11-18/h1-13,16,29H,14-15,28H2. The van der Waals surface area contributed by atoms with Gasteiger partial charge in [0.1, 0.15) is 11.5 Å². The van der Waals surface area contributed by atoms with E-state index in [2.05, 4.69) is 9.97 Å². The molecular weight excluding hydrogens is 403 g/mol. The molecule has 158 valence electrons. The molecule has 5 rings (SSSR count). The third kappa shape index (κ3) is 3.67. The Morgan fingerprint density at radius 3 is 2.19 bits per heavy atom. The van der Waals surface area contributed by atoms with Crippen molar-refractivity contribution in [3.63, 3.8) is 0 Å². The maximum atomic E-state index is 14.7. The Balaban J connectivity index is 1.70. The average Bonchev–Trinajstić information content (AvgIpc) is 3.11. The Morgan fingerprint density at radius 2 is 1.53 bits per heavy atom. The lowest BCUT2D eigenvalue weighted by atomic mass is 10.1. The molecule has 6 heteroatoms. The Labute approximate surface area is 184 Å². The van der Waals surface area contributed by atoms with Crippen LogP contribution in [0.4, 0.5) is 10.1 Å². The number of H-pyrrole nitrogens is 1. The largest absolute Gasteiger partial charge is 0.398 e. The number of nitrogens with zero attached hydrogens (tertiary/aromatic N) is 2. The lowest BCUT2D eigenvalue weighted by Crippen LogP contribution is -2.18. The van der Waals surface area contributed by atoms with Gasteiger partial charge in [-0.2, -0.15) is 0 Å². The highest BCUT2D eigenvalue weighted by Gasteiger charge is 2.22. The monoisotopic (exact) mass is 424 g/mol. The van der Waals surface area contributed by atoms with E-state index < -0.39 is 5.82 Å². The highest BCUT2D eigenvalue weighted by atomic mass is 19.1. The molecule has 2 aliphatic rings. The normalized spacial score (nSPS) is 11.2. The van der Waals surface area contributed by atoms with E-state index in [4.69, 9.17) is 5.73 Å². The van der Waals surface area contributed by atoms with Crippen LogP contribution >= 0.6 is 0 Å². The van der Waals surface area contributed by atoms with Crippen LogP contribution in [-0.2, 0) is 12.8 Å². The number of nitrogen functional groups attached to an aromatic ring is 1. The third-order valence-corrected chi connectivity index (χ3v) is 5.50. The zero-order chi connectivity index (χ0) is 22.1. The Hall–Kier alpha value is -4.19. The van der Waals surface area contributed by atoms with Gasteiger partial charge in [-0.15, -0.1) is 0 Å². The molecule has 3 aromatic carbocycles. The number of anilines is 1. The fourth-order valence-electron chi connectivity index (χ4n) is 3.96. The number of nitrogens with two attached hydrogens (primary N) is 1. The van der Waals surface area contributed by atoms with Crippen molar-refractivity contribution in [1.82, 2.24) is 14.5 Å². The van der Waals surface area contributed by atoms with Crippen molar-refractivity contribution in [2.45, 2.75) is 12.8 Å². The van der Waals surface area contributed by atoms with Crippen molar-refractivity contribution in [3.8, 4) is 17.1 Å². The molecule has 3 N–H and O–H groups in total. The number of nitrogens with one attached hydrogen (secondary N) is 1. The van der Waals surface area contributed by atoms with Gasteiger partial charge in [0.2, 0.25) is 0 Å². The summed E-state index contributed by atoms with van der Waals surface area (Å²) in [5.74, 6) is 0.0757. The minimum atomic E-state index is -0.455. The molecule has 0 radical (unpaired) electrons. The molecule has 0 atom stereocenters. The van der Waals surface area contributed by atoms with Crippen molar-refractivity contribution >= 4 is 5.69 Å². The highest BCUT2D eigenvalue weighted by molar-refractivity contribution is 5.74. The van der Waals surface area contributed by atoms with Gasteiger partial charge in [-0.25, -0.2) is 9.37 Å². The maximum absolute atomic E-state index is 14.7. The number of rotatable bonds is 5. The van der Waals surface area contributed by atoms with Crippen LogP contribution in [0.1, 0.15) is 22.5 Å². The quantitative estimate of drug-likeness (QED) is 0.406. The summed E-state index contributed by atoms with van der Waals surface area (Å²) in [5.41, 5.74) is 10.0. The van der Waals surface area contributed by atoms with Crippen LogP contribution < -0.4 is 11.3 Å². The number of aromatic nitrogens is 3. The number of halogens is 1. The molecule has 2 aliphatic heterocycles. The first-order chi connectivity index (χ1) is 15.6. The summed E-state index contributed by atoms with van der Waals surface area (Å²) in [5, 5.41) is 0. The van der Waals surface area contributed by atoms with Crippen molar-refractivity contribution in [1.29, 1.82) is 0 Å². The lowest BCUT2D eigenvalue weighted by Gasteiger charge is -2.15. The molecule has 0 saturated carbocycles. The van der Waals surface area contributed by atoms with Crippen molar-refractivity contribution in [3.05, 3.63) is 124 Å². The first kappa shape index (κ1) is 19.8. The molecule has 0 fully saturated rings. The predicted octanol–water partition coefficient (Wildman–Crippen LogP) is 4.57. The lowest BCUT2D eigenvalue weighted by molar-refractivity contribution is 0.631. The van der Waals surface area contributed by atoms with E-state index in [9.17, 15) is 9.18 Å². The second-order valence-electron chi connectivity index (χ2n) is 7.73. The van der Waals surface area contributed by atoms with Gasteiger partial charge < -0.3 is 10.7 Å². The van der Waals surface area contributed by atoms with E-state index in [-0.39, 0.29) is 11.1 Å². The van der Waals surface area contributed by atoms with Gasteiger partial charge >= 0.3 is 0 Å². The minimum Gasteiger partial charge on any atom is -0.398 e. The molecule has 0 aromatic heterocycles. The molecule has 5 nitrogen and oxygen atoms in total. The van der Waals surface area contributed by atoms with Crippen LogP contribution in [0.3, 0.4) is 0 Å². The summed E-state index contributed by atoms with van der Waals surface area (Å²) < 4.78 is 16.2. The van der Waals surface area contributed by atoms with Crippen LogP contribution in [0, 0.1) is 5.82 Å². The Bertz CT molecular complexity index is 1390. The number of aromatic amines is 1. The van der Waals surface area contributed by atoms with E-state index in [1.807, 2.05) is 60.7 Å². The molecule has 0 amide bonds. The number of hydrogen-bond acceptors (Lipinski definition) is 3. The summed E-state index contributed by atoms with van der Waals surface area (Å²) in [6.45, 7) is 0. The van der Waals surface area contributed by atoms with Crippen LogP contribution in [-0.4, -0.2) is 14.5 Å². The van der Waals surface area contributed by atoms with E-state index in [1.165, 1.54) is 10.6 Å². The van der Waals surface area contributed by atoms with E-state index in [1.54, 1.807) is 18.3 Å². The van der Waals surface area contributed by atoms with Crippen molar-refractivity contribution in [2.24, 2.45) is 0 Å². The van der Waals surface area contributed by atoms with Crippen LogP contribution in [0.15, 0.2) is 89.9 Å². The molecule has 0 spiro atoms. The maximum Gasteiger partial charge on any atom is 0.278 e. The van der Waals surface area contributed by atoms with Crippen molar-refractivity contribution in [2.75, 3.05) is 5.73 Å². The predicted molar refractivity (Wildman–Crippen MR) is 124 cm³/mol. The van der Waals surface area contributed by atoms with Crippen LogP contribution in [0.2, 0.25) is 0 Å². The molecule has 2 heterocycles. The summed E-state index contributed by atoms with van der Waals surface area (Å²) in [6, 6.07) is 24.1. The molecular formula is C26H21FN4O. The van der Waals surface area contributed by atoms with Crippen LogP contribution in [0.25, 0.3) is 17.1 Å². The summed E-state index contributed by atoms with van der Waals surface area (Å²) >= 11 is 0. The van der Waals surface area contributed by atoms with Crippen LogP contribution in [0.5, 0.6) is 0 Å². The molecule has 0 saturated heterocycles. The fraction of sp³-hybridized carbons (Fsp3) is 0.0769. The fourth-order valence-corrected chi connectivity index (χ4v) is 3.96. The van der Waals surface area contributed by atoms with Gasteiger partial charge in [0.25, 0.3) is 5.56 Å². The van der Waals surface area contributed by atoms with Gasteiger partial charge in [0.05, 0.1) is 17.0 Å². The van der Waals surface area contributed by atoms with E-state index in [0.29, 0.717) is 41.4 Å². The minimum absolute atomic E-state index is 0.219. The van der Waals surface area contributed by atoms with Gasteiger partial charge in [-0.05, 0) is 23.3 Å². The second-order valence-corrected chi connectivity index (χ2v) is 7.73. The van der Waals surface area contributed by atoms with E-state index in [0.717, 1.165) is 11.1 Å². The summed E-state index contributed by atoms with van der Waals surface area (Å²) in [6.07, 6.45) is 2.51. The topological polar surface area (TPSA) is 76.7 Å². The highest BCUT2D eigenvalue weighted by Crippen LogP contribution is 2.29. The third-order valence-electron chi connectivity index (χ3n) is 5.50. The summed E-state index contributed by atoms with van der Waals surface area (Å²) in [4.78, 5) is 21.2. The average molecular weight is 424 g/mol. The Kier molecular flexibility index (Phi) is 5.03. The first-order valence-corrected chi connectivity index (χ1v) is 10.4. The number of imidazole rings is 1. The number of hydrogen-bond donors (Lipinski definition) is 2. The molecule has 0 unspecified atom stereocenters. The molecule has 0 bridgehead atoms. The van der Waals surface area contributed by atoms with E-state index >= 15 is 0 Å². The smallest absolute Gasteiger partial charge is 0.278 e. The molecule has 3 aromatic rings. The second kappa shape index (κ2) is 8.15. The van der Waals surface area contributed by atoms with Crippen molar-refractivity contribution < 1.29 is 4.39 Å². The SMILES string of the molecule is Nc1cccc(F)c1-c1cn2c(=O)c(Cc3ccccc3)nc-2c(Cc2ccccc2)[nH]1.